The molecular formula is C15H27NO3. The Labute approximate surface area is 116 Å². The number of ether oxygens (including phenoxy) is 2. The second-order valence-corrected chi connectivity index (χ2v) is 5.90. The topological polar surface area (TPSA) is 47.6 Å². The van der Waals surface area contributed by atoms with Gasteiger partial charge in [0.05, 0.1) is 11.5 Å². The first-order valence-electron chi connectivity index (χ1n) is 7.76. The molecule has 2 rings (SSSR count). The van der Waals surface area contributed by atoms with Crippen LogP contribution in [-0.2, 0) is 14.3 Å². The van der Waals surface area contributed by atoms with E-state index >= 15 is 0 Å². The van der Waals surface area contributed by atoms with Crippen LogP contribution in [0.2, 0.25) is 0 Å². The van der Waals surface area contributed by atoms with E-state index in [4.69, 9.17) is 9.47 Å². The molecule has 2 atom stereocenters. The van der Waals surface area contributed by atoms with Crippen molar-refractivity contribution in [2.24, 2.45) is 5.41 Å². The first-order valence-corrected chi connectivity index (χ1v) is 7.76. The van der Waals surface area contributed by atoms with E-state index in [-0.39, 0.29) is 17.5 Å². The van der Waals surface area contributed by atoms with Crippen molar-refractivity contribution < 1.29 is 14.3 Å². The first-order chi connectivity index (χ1) is 9.27. The van der Waals surface area contributed by atoms with Crippen LogP contribution in [0.3, 0.4) is 0 Å². The monoisotopic (exact) mass is 269 g/mol. The summed E-state index contributed by atoms with van der Waals surface area (Å²) in [6.45, 7) is 5.16. The van der Waals surface area contributed by atoms with Crippen LogP contribution in [0.15, 0.2) is 0 Å². The van der Waals surface area contributed by atoms with Gasteiger partial charge in [-0.25, -0.2) is 0 Å². The third kappa shape index (κ3) is 3.93. The number of carbonyl (C=O) groups is 1. The molecule has 110 valence electrons. The molecule has 0 amide bonds. The Kier molecular flexibility index (Phi) is 5.64. The van der Waals surface area contributed by atoms with Crippen molar-refractivity contribution in [3.8, 4) is 0 Å². The Balaban J connectivity index is 1.84. The number of hydrogen-bond donors (Lipinski definition) is 1. The van der Waals surface area contributed by atoms with E-state index < -0.39 is 0 Å². The largest absolute Gasteiger partial charge is 0.462 e. The summed E-state index contributed by atoms with van der Waals surface area (Å²) in [5, 5.41) is 3.35. The molecule has 0 aromatic heterocycles. The Hall–Kier alpha value is -0.610. The van der Waals surface area contributed by atoms with Crippen LogP contribution in [0.4, 0.5) is 0 Å². The summed E-state index contributed by atoms with van der Waals surface area (Å²) in [5.74, 6) is -0.0178. The van der Waals surface area contributed by atoms with Gasteiger partial charge in [-0.15, -0.1) is 0 Å². The summed E-state index contributed by atoms with van der Waals surface area (Å²) < 4.78 is 11.2. The van der Waals surface area contributed by atoms with Gasteiger partial charge >= 0.3 is 5.97 Å². The Morgan fingerprint density at radius 3 is 2.95 bits per heavy atom. The second-order valence-electron chi connectivity index (χ2n) is 5.90. The number of nitrogens with one attached hydrogen (secondary N) is 1. The lowest BCUT2D eigenvalue weighted by atomic mass is 9.77. The summed E-state index contributed by atoms with van der Waals surface area (Å²) in [7, 11) is 0. The van der Waals surface area contributed by atoms with Gasteiger partial charge in [0, 0.05) is 13.2 Å². The zero-order valence-corrected chi connectivity index (χ0v) is 12.1. The van der Waals surface area contributed by atoms with E-state index in [1.54, 1.807) is 0 Å². The second kappa shape index (κ2) is 7.25. The van der Waals surface area contributed by atoms with Crippen molar-refractivity contribution in [2.45, 2.75) is 58.0 Å². The molecule has 0 saturated carbocycles. The predicted molar refractivity (Wildman–Crippen MR) is 74.0 cm³/mol. The third-order valence-corrected chi connectivity index (χ3v) is 4.31. The molecule has 0 spiro atoms. The van der Waals surface area contributed by atoms with E-state index in [1.807, 2.05) is 0 Å². The molecule has 2 saturated heterocycles. The molecular weight excluding hydrogens is 242 g/mol. The van der Waals surface area contributed by atoms with Crippen molar-refractivity contribution in [1.29, 1.82) is 0 Å². The summed E-state index contributed by atoms with van der Waals surface area (Å²) in [4.78, 5) is 12.4. The van der Waals surface area contributed by atoms with Gasteiger partial charge in [-0.3, -0.25) is 4.79 Å². The lowest BCUT2D eigenvalue weighted by Crippen LogP contribution is -2.47. The number of hydrogen-bond acceptors (Lipinski definition) is 4. The molecule has 0 bridgehead atoms. The highest BCUT2D eigenvalue weighted by molar-refractivity contribution is 5.77. The molecule has 2 unspecified atom stereocenters. The van der Waals surface area contributed by atoms with Gasteiger partial charge in [-0.1, -0.05) is 13.3 Å². The van der Waals surface area contributed by atoms with Gasteiger partial charge in [-0.2, -0.15) is 0 Å². The molecule has 2 fully saturated rings. The number of rotatable bonds is 5. The number of esters is 1. The molecule has 0 aromatic carbocycles. The molecule has 0 aromatic rings. The van der Waals surface area contributed by atoms with Crippen LogP contribution in [-0.4, -0.2) is 38.4 Å². The summed E-state index contributed by atoms with van der Waals surface area (Å²) in [6, 6.07) is 0. The molecule has 2 aliphatic heterocycles. The van der Waals surface area contributed by atoms with Crippen molar-refractivity contribution in [1.82, 2.24) is 5.32 Å². The third-order valence-electron chi connectivity index (χ3n) is 4.31. The summed E-state index contributed by atoms with van der Waals surface area (Å²) in [5.41, 5.74) is -0.290. The minimum Gasteiger partial charge on any atom is -0.462 e. The maximum Gasteiger partial charge on any atom is 0.313 e. The molecule has 0 aliphatic carbocycles. The molecule has 1 N–H and O–H groups in total. The van der Waals surface area contributed by atoms with Gasteiger partial charge in [0.15, 0.2) is 0 Å². The lowest BCUT2D eigenvalue weighted by molar-refractivity contribution is -0.163. The van der Waals surface area contributed by atoms with E-state index in [2.05, 4.69) is 12.2 Å². The smallest absolute Gasteiger partial charge is 0.313 e. The highest BCUT2D eigenvalue weighted by Gasteiger charge is 2.40. The average molecular weight is 269 g/mol. The molecule has 0 radical (unpaired) electrons. The molecule has 19 heavy (non-hydrogen) atoms. The summed E-state index contributed by atoms with van der Waals surface area (Å²) >= 11 is 0. The van der Waals surface area contributed by atoms with E-state index in [1.165, 1.54) is 6.42 Å². The molecule has 4 nitrogen and oxygen atoms in total. The normalized spacial score (nSPS) is 31.9. The van der Waals surface area contributed by atoms with Crippen LogP contribution < -0.4 is 5.32 Å². The highest BCUT2D eigenvalue weighted by atomic mass is 16.6. The molecule has 4 heteroatoms. The van der Waals surface area contributed by atoms with Gasteiger partial charge in [0.25, 0.3) is 0 Å². The Morgan fingerprint density at radius 1 is 1.42 bits per heavy atom. The van der Waals surface area contributed by atoms with Gasteiger partial charge in [0.2, 0.25) is 0 Å². The zero-order chi connectivity index (χ0) is 13.6. The maximum absolute atomic E-state index is 12.4. The van der Waals surface area contributed by atoms with Crippen molar-refractivity contribution in [3.63, 3.8) is 0 Å². The van der Waals surface area contributed by atoms with Crippen LogP contribution in [0, 0.1) is 5.41 Å². The highest BCUT2D eigenvalue weighted by Crippen LogP contribution is 2.33. The quantitative estimate of drug-likeness (QED) is 0.778. The molecule has 2 aliphatic rings. The fraction of sp³-hybridized carbons (Fsp3) is 0.933. The Bertz CT molecular complexity index is 276. The minimum absolute atomic E-state index is 0.0178. The lowest BCUT2D eigenvalue weighted by Gasteiger charge is -2.35. The fourth-order valence-corrected chi connectivity index (χ4v) is 3.20. The SMILES string of the molecule is CCCC1(C(=O)OCC2CCCCO2)CCCNC1. The minimum atomic E-state index is -0.290. The van der Waals surface area contributed by atoms with E-state index in [0.717, 1.165) is 58.2 Å². The number of piperidine rings is 1. The van der Waals surface area contributed by atoms with Crippen LogP contribution in [0.1, 0.15) is 51.9 Å². The first kappa shape index (κ1) is 14.8. The van der Waals surface area contributed by atoms with Crippen LogP contribution in [0.5, 0.6) is 0 Å². The van der Waals surface area contributed by atoms with Gasteiger partial charge in [0.1, 0.15) is 6.61 Å². The summed E-state index contributed by atoms with van der Waals surface area (Å²) in [6.07, 6.45) is 7.42. The average Bonchev–Trinajstić information content (AvgIpc) is 2.47. The fourth-order valence-electron chi connectivity index (χ4n) is 3.20. The van der Waals surface area contributed by atoms with Gasteiger partial charge < -0.3 is 14.8 Å². The maximum atomic E-state index is 12.4. The van der Waals surface area contributed by atoms with Crippen LogP contribution >= 0.6 is 0 Å². The molecule has 2 heterocycles. The standard InChI is InChI=1S/C15H27NO3/c1-2-7-15(8-5-9-16-12-15)14(17)19-11-13-6-3-4-10-18-13/h13,16H,2-12H2,1H3. The Morgan fingerprint density at radius 2 is 2.32 bits per heavy atom. The predicted octanol–water partition coefficient (Wildman–Crippen LogP) is 2.27. The van der Waals surface area contributed by atoms with Crippen LogP contribution in [0.25, 0.3) is 0 Å². The van der Waals surface area contributed by atoms with E-state index in [0.29, 0.717) is 6.61 Å². The van der Waals surface area contributed by atoms with E-state index in [9.17, 15) is 4.79 Å². The zero-order valence-electron chi connectivity index (χ0n) is 12.1. The van der Waals surface area contributed by atoms with Gasteiger partial charge in [-0.05, 0) is 45.1 Å². The van der Waals surface area contributed by atoms with Crippen molar-refractivity contribution >= 4 is 5.97 Å². The van der Waals surface area contributed by atoms with Crippen molar-refractivity contribution in [2.75, 3.05) is 26.3 Å². The number of carbonyl (C=O) groups excluding carboxylic acids is 1. The van der Waals surface area contributed by atoms with Crippen molar-refractivity contribution in [3.05, 3.63) is 0 Å².